The molecule has 0 saturated heterocycles. The molecule has 0 aromatic heterocycles. The first-order valence-corrected chi connectivity index (χ1v) is 4.98. The summed E-state index contributed by atoms with van der Waals surface area (Å²) in [4.78, 5) is 0. The fourth-order valence-electron chi connectivity index (χ4n) is 1.19. The Kier molecular flexibility index (Phi) is 3.40. The second-order valence-corrected chi connectivity index (χ2v) is 4.80. The van der Waals surface area contributed by atoms with Crippen molar-refractivity contribution in [3.05, 3.63) is 33.6 Å². The number of halogens is 3. The van der Waals surface area contributed by atoms with Crippen LogP contribution in [0.2, 0.25) is 10.0 Å². The Morgan fingerprint density at radius 3 is 2.29 bits per heavy atom. The quantitative estimate of drug-likeness (QED) is 0.782. The van der Waals surface area contributed by atoms with Crippen LogP contribution >= 0.6 is 23.2 Å². The summed E-state index contributed by atoms with van der Waals surface area (Å²) < 4.78 is 13.5. The van der Waals surface area contributed by atoms with E-state index >= 15 is 0 Å². The monoisotopic (exact) mass is 235 g/mol. The van der Waals surface area contributed by atoms with Gasteiger partial charge in [0, 0.05) is 16.1 Å². The van der Waals surface area contributed by atoms with Crippen LogP contribution in [0.15, 0.2) is 12.1 Å². The molecule has 4 heteroatoms. The molecule has 0 aliphatic heterocycles. The lowest BCUT2D eigenvalue weighted by Gasteiger charge is -2.19. The molecule has 1 aromatic carbocycles. The van der Waals surface area contributed by atoms with E-state index in [1.165, 1.54) is 6.07 Å². The van der Waals surface area contributed by atoms with Gasteiger partial charge in [-0.15, -0.1) is 0 Å². The minimum atomic E-state index is -0.505. The van der Waals surface area contributed by atoms with Crippen molar-refractivity contribution in [2.75, 3.05) is 0 Å². The van der Waals surface area contributed by atoms with Crippen LogP contribution in [0.25, 0.3) is 0 Å². The normalized spacial score (nSPS) is 11.9. The van der Waals surface area contributed by atoms with Gasteiger partial charge in [0.25, 0.3) is 0 Å². The van der Waals surface area contributed by atoms with Crippen LogP contribution in [-0.2, 0) is 6.42 Å². The Labute approximate surface area is 93.0 Å². The van der Waals surface area contributed by atoms with Gasteiger partial charge in [0.2, 0.25) is 0 Å². The summed E-state index contributed by atoms with van der Waals surface area (Å²) in [5.74, 6) is -0.474. The summed E-state index contributed by atoms with van der Waals surface area (Å²) in [5, 5.41) is 0.444. The second kappa shape index (κ2) is 4.05. The largest absolute Gasteiger partial charge is 0.325 e. The maximum absolute atomic E-state index is 13.5. The predicted octanol–water partition coefficient (Wildman–Crippen LogP) is 3.41. The van der Waals surface area contributed by atoms with E-state index < -0.39 is 11.4 Å². The minimum absolute atomic E-state index is 0.0775. The fraction of sp³-hybridized carbons (Fsp3) is 0.400. The van der Waals surface area contributed by atoms with Crippen molar-refractivity contribution in [2.24, 2.45) is 5.73 Å². The summed E-state index contributed by atoms with van der Waals surface area (Å²) in [7, 11) is 0. The van der Waals surface area contributed by atoms with Gasteiger partial charge in [-0.3, -0.25) is 0 Å². The lowest BCUT2D eigenvalue weighted by molar-refractivity contribution is 0.497. The van der Waals surface area contributed by atoms with Crippen LogP contribution in [0.1, 0.15) is 19.4 Å². The lowest BCUT2D eigenvalue weighted by Crippen LogP contribution is -2.34. The zero-order valence-electron chi connectivity index (χ0n) is 8.07. The van der Waals surface area contributed by atoms with Gasteiger partial charge in [0.05, 0.1) is 5.02 Å². The van der Waals surface area contributed by atoms with Gasteiger partial charge in [-0.25, -0.2) is 4.39 Å². The third kappa shape index (κ3) is 2.84. The molecule has 0 spiro atoms. The molecule has 0 saturated carbocycles. The molecule has 0 atom stereocenters. The third-order valence-electron chi connectivity index (χ3n) is 1.77. The molecule has 78 valence electrons. The first-order valence-electron chi connectivity index (χ1n) is 4.22. The lowest BCUT2D eigenvalue weighted by atomic mass is 9.96. The molecule has 0 radical (unpaired) electrons. The Hall–Kier alpha value is -0.310. The highest BCUT2D eigenvalue weighted by molar-refractivity contribution is 6.33. The minimum Gasteiger partial charge on any atom is -0.325 e. The summed E-state index contributed by atoms with van der Waals surface area (Å²) in [5.41, 5.74) is 5.66. The molecule has 1 nitrogen and oxygen atoms in total. The summed E-state index contributed by atoms with van der Waals surface area (Å²) in [6, 6.07) is 3.01. The van der Waals surface area contributed by atoms with Gasteiger partial charge in [0.1, 0.15) is 5.82 Å². The van der Waals surface area contributed by atoms with E-state index in [9.17, 15) is 4.39 Å². The Morgan fingerprint density at radius 1 is 1.29 bits per heavy atom. The second-order valence-electron chi connectivity index (χ2n) is 3.99. The molecular weight excluding hydrogens is 224 g/mol. The van der Waals surface area contributed by atoms with Crippen molar-refractivity contribution in [1.82, 2.24) is 0 Å². The summed E-state index contributed by atoms with van der Waals surface area (Å²) in [6.07, 6.45) is 0.359. The van der Waals surface area contributed by atoms with Crippen molar-refractivity contribution in [1.29, 1.82) is 0 Å². The van der Waals surface area contributed by atoms with Crippen molar-refractivity contribution in [2.45, 2.75) is 25.8 Å². The van der Waals surface area contributed by atoms with Gasteiger partial charge >= 0.3 is 0 Å². The van der Waals surface area contributed by atoms with E-state index in [1.807, 2.05) is 13.8 Å². The van der Waals surface area contributed by atoms with Crippen LogP contribution in [0, 0.1) is 5.82 Å². The van der Waals surface area contributed by atoms with Gasteiger partial charge in [-0.1, -0.05) is 23.2 Å². The number of hydrogen-bond acceptors (Lipinski definition) is 1. The molecule has 0 unspecified atom stereocenters. The molecule has 0 bridgehead atoms. The topological polar surface area (TPSA) is 26.0 Å². The van der Waals surface area contributed by atoms with Gasteiger partial charge in [-0.2, -0.15) is 0 Å². The molecule has 14 heavy (non-hydrogen) atoms. The SMILES string of the molecule is CC(C)(N)Cc1c(Cl)ccc(Cl)c1F. The van der Waals surface area contributed by atoms with Crippen LogP contribution in [0.5, 0.6) is 0 Å². The van der Waals surface area contributed by atoms with Crippen LogP contribution in [0.3, 0.4) is 0 Å². The molecule has 0 amide bonds. The number of nitrogens with two attached hydrogens (primary N) is 1. The first kappa shape index (κ1) is 11.8. The van der Waals surface area contributed by atoms with Gasteiger partial charge < -0.3 is 5.73 Å². The molecule has 2 N–H and O–H groups in total. The van der Waals surface area contributed by atoms with Crippen molar-refractivity contribution in [3.8, 4) is 0 Å². The number of benzene rings is 1. The molecule has 1 rings (SSSR count). The molecule has 0 fully saturated rings. The third-order valence-corrected chi connectivity index (χ3v) is 2.42. The smallest absolute Gasteiger partial charge is 0.146 e. The average molecular weight is 236 g/mol. The molecule has 1 aromatic rings. The first-order chi connectivity index (χ1) is 6.31. The van der Waals surface area contributed by atoms with Crippen molar-refractivity contribution < 1.29 is 4.39 Å². The molecule has 0 aliphatic carbocycles. The van der Waals surface area contributed by atoms with Gasteiger partial charge in [-0.05, 0) is 32.4 Å². The summed E-state index contributed by atoms with van der Waals surface area (Å²) in [6.45, 7) is 3.62. The van der Waals surface area contributed by atoms with Gasteiger partial charge in [0.15, 0.2) is 0 Å². The predicted molar refractivity (Wildman–Crippen MR) is 58.4 cm³/mol. The highest BCUT2D eigenvalue weighted by Gasteiger charge is 2.18. The Balaban J connectivity index is 3.13. The number of rotatable bonds is 2. The summed E-state index contributed by atoms with van der Waals surface area (Å²) >= 11 is 11.5. The molecular formula is C10H12Cl2FN. The Bertz CT molecular complexity index is 345. The fourth-order valence-corrected chi connectivity index (χ4v) is 1.58. The van der Waals surface area contributed by atoms with Crippen LogP contribution in [0.4, 0.5) is 4.39 Å². The standard InChI is InChI=1S/C10H12Cl2FN/c1-10(2,14)5-6-7(11)3-4-8(12)9(6)13/h3-4H,5,14H2,1-2H3. The maximum Gasteiger partial charge on any atom is 0.146 e. The van der Waals surface area contributed by atoms with Crippen molar-refractivity contribution >= 4 is 23.2 Å². The van der Waals surface area contributed by atoms with Crippen LogP contribution in [-0.4, -0.2) is 5.54 Å². The highest BCUT2D eigenvalue weighted by Crippen LogP contribution is 2.27. The Morgan fingerprint density at radius 2 is 1.79 bits per heavy atom. The van der Waals surface area contributed by atoms with E-state index in [-0.39, 0.29) is 5.02 Å². The maximum atomic E-state index is 13.5. The molecule has 0 heterocycles. The van der Waals surface area contributed by atoms with Crippen LogP contribution < -0.4 is 5.73 Å². The number of hydrogen-bond donors (Lipinski definition) is 1. The molecule has 0 aliphatic rings. The van der Waals surface area contributed by atoms with E-state index in [1.54, 1.807) is 6.07 Å². The van der Waals surface area contributed by atoms with E-state index in [4.69, 9.17) is 28.9 Å². The average Bonchev–Trinajstić information content (AvgIpc) is 2.04. The zero-order valence-corrected chi connectivity index (χ0v) is 9.58. The van der Waals surface area contributed by atoms with E-state index in [2.05, 4.69) is 0 Å². The van der Waals surface area contributed by atoms with E-state index in [0.29, 0.717) is 17.0 Å². The van der Waals surface area contributed by atoms with E-state index in [0.717, 1.165) is 0 Å². The zero-order chi connectivity index (χ0) is 10.9. The van der Waals surface area contributed by atoms with Crippen molar-refractivity contribution in [3.63, 3.8) is 0 Å². The highest BCUT2D eigenvalue weighted by atomic mass is 35.5.